The third-order valence-corrected chi connectivity index (χ3v) is 2.86. The average Bonchev–Trinajstić information content (AvgIpc) is 2.99. The molecule has 1 aliphatic rings. The first-order valence-corrected chi connectivity index (χ1v) is 5.53. The third-order valence-electron chi connectivity index (χ3n) is 2.86. The Morgan fingerprint density at radius 3 is 3.00 bits per heavy atom. The highest BCUT2D eigenvalue weighted by atomic mass is 35.5. The fourth-order valence-corrected chi connectivity index (χ4v) is 1.98. The summed E-state index contributed by atoms with van der Waals surface area (Å²) in [6, 6.07) is 7.54. The number of benzene rings is 1. The molecule has 2 N–H and O–H groups in total. The van der Waals surface area contributed by atoms with Crippen LogP contribution in [0.3, 0.4) is 0 Å². The molecule has 0 saturated heterocycles. The van der Waals surface area contributed by atoms with Gasteiger partial charge in [-0.2, -0.15) is 0 Å². The molecule has 2 heterocycles. The number of nitrogens with one attached hydrogen (secondary N) is 2. The minimum Gasteiger partial charge on any atom is -0.472 e. The number of furan rings is 1. The van der Waals surface area contributed by atoms with E-state index in [0.29, 0.717) is 5.56 Å². The van der Waals surface area contributed by atoms with Crippen molar-refractivity contribution in [2.24, 2.45) is 0 Å². The van der Waals surface area contributed by atoms with Gasteiger partial charge < -0.3 is 15.1 Å². The molecule has 1 aromatic heterocycles. The van der Waals surface area contributed by atoms with Gasteiger partial charge in [0.1, 0.15) is 6.26 Å². The van der Waals surface area contributed by atoms with Crippen molar-refractivity contribution in [3.63, 3.8) is 0 Å². The topological polar surface area (TPSA) is 54.3 Å². The van der Waals surface area contributed by atoms with Crippen LogP contribution in [-0.2, 0) is 6.42 Å². The Morgan fingerprint density at radius 2 is 2.22 bits per heavy atom. The van der Waals surface area contributed by atoms with Crippen LogP contribution in [0, 0.1) is 0 Å². The largest absolute Gasteiger partial charge is 0.472 e. The van der Waals surface area contributed by atoms with Crippen molar-refractivity contribution in [2.45, 2.75) is 6.42 Å². The Labute approximate surface area is 111 Å². The van der Waals surface area contributed by atoms with E-state index in [2.05, 4.69) is 10.6 Å². The number of hydrogen-bond acceptors (Lipinski definition) is 3. The lowest BCUT2D eigenvalue weighted by Gasteiger charge is -2.06. The second-order valence-electron chi connectivity index (χ2n) is 4.01. The van der Waals surface area contributed by atoms with E-state index < -0.39 is 0 Å². The summed E-state index contributed by atoms with van der Waals surface area (Å²) in [6.07, 6.45) is 3.93. The molecular weight excluding hydrogens is 252 g/mol. The SMILES string of the molecule is Cl.O=C(Nc1ccc2c(c1)CCN2)c1ccoc1. The second kappa shape index (κ2) is 5.14. The van der Waals surface area contributed by atoms with Crippen LogP contribution in [0.5, 0.6) is 0 Å². The lowest BCUT2D eigenvalue weighted by Crippen LogP contribution is -2.10. The molecule has 1 aromatic carbocycles. The van der Waals surface area contributed by atoms with Gasteiger partial charge in [0.05, 0.1) is 11.8 Å². The van der Waals surface area contributed by atoms with Crippen LogP contribution in [0.2, 0.25) is 0 Å². The van der Waals surface area contributed by atoms with E-state index in [0.717, 1.165) is 24.3 Å². The van der Waals surface area contributed by atoms with Crippen LogP contribution in [0.15, 0.2) is 41.2 Å². The maximum Gasteiger partial charge on any atom is 0.258 e. The number of hydrogen-bond donors (Lipinski definition) is 2. The molecule has 1 amide bonds. The Hall–Kier alpha value is -1.94. The van der Waals surface area contributed by atoms with Crippen molar-refractivity contribution in [3.05, 3.63) is 47.9 Å². The molecule has 0 unspecified atom stereocenters. The Balaban J connectivity index is 0.00000120. The van der Waals surface area contributed by atoms with E-state index in [9.17, 15) is 4.79 Å². The van der Waals surface area contributed by atoms with E-state index in [1.54, 1.807) is 6.07 Å². The van der Waals surface area contributed by atoms with Crippen LogP contribution in [0.4, 0.5) is 11.4 Å². The summed E-state index contributed by atoms with van der Waals surface area (Å²) in [5.74, 6) is -0.148. The van der Waals surface area contributed by atoms with Gasteiger partial charge in [-0.15, -0.1) is 12.4 Å². The molecular formula is C13H13ClN2O2. The molecule has 18 heavy (non-hydrogen) atoms. The highest BCUT2D eigenvalue weighted by molar-refractivity contribution is 6.04. The summed E-state index contributed by atoms with van der Waals surface area (Å²) in [6.45, 7) is 0.967. The molecule has 0 fully saturated rings. The van der Waals surface area contributed by atoms with Crippen molar-refractivity contribution < 1.29 is 9.21 Å². The van der Waals surface area contributed by atoms with Crippen molar-refractivity contribution in [2.75, 3.05) is 17.2 Å². The van der Waals surface area contributed by atoms with Gasteiger partial charge in [-0.3, -0.25) is 4.79 Å². The molecule has 0 atom stereocenters. The smallest absolute Gasteiger partial charge is 0.258 e. The third kappa shape index (κ3) is 2.33. The van der Waals surface area contributed by atoms with Crippen molar-refractivity contribution in [1.82, 2.24) is 0 Å². The van der Waals surface area contributed by atoms with Gasteiger partial charge in [0.15, 0.2) is 0 Å². The number of fused-ring (bicyclic) bond motifs is 1. The zero-order valence-corrected chi connectivity index (χ0v) is 10.4. The molecule has 0 aliphatic carbocycles. The Morgan fingerprint density at radius 1 is 1.33 bits per heavy atom. The molecule has 4 nitrogen and oxygen atoms in total. The number of amides is 1. The number of carbonyl (C=O) groups is 1. The van der Waals surface area contributed by atoms with Gasteiger partial charge >= 0.3 is 0 Å². The molecule has 94 valence electrons. The number of halogens is 1. The van der Waals surface area contributed by atoms with Crippen LogP contribution < -0.4 is 10.6 Å². The molecule has 3 rings (SSSR count). The van der Waals surface area contributed by atoms with E-state index in [4.69, 9.17) is 4.42 Å². The lowest BCUT2D eigenvalue weighted by atomic mass is 10.1. The highest BCUT2D eigenvalue weighted by Gasteiger charge is 2.12. The van der Waals surface area contributed by atoms with Crippen LogP contribution in [-0.4, -0.2) is 12.5 Å². The molecule has 0 saturated carbocycles. The standard InChI is InChI=1S/C13H12N2O2.ClH/c16-13(10-4-6-17-8-10)15-11-1-2-12-9(7-11)3-5-14-12;/h1-2,4,6-8,14H,3,5H2,(H,15,16);1H. The highest BCUT2D eigenvalue weighted by Crippen LogP contribution is 2.25. The number of rotatable bonds is 2. The summed E-state index contributed by atoms with van der Waals surface area (Å²) in [5.41, 5.74) is 3.75. The minimum atomic E-state index is -0.148. The predicted octanol–water partition coefficient (Wildman–Crippen LogP) is 2.92. The maximum absolute atomic E-state index is 11.8. The lowest BCUT2D eigenvalue weighted by molar-refractivity contribution is 0.102. The average molecular weight is 265 g/mol. The van der Waals surface area contributed by atoms with Crippen LogP contribution in [0.1, 0.15) is 15.9 Å². The number of carbonyl (C=O) groups excluding carboxylic acids is 1. The first-order chi connectivity index (χ1) is 8.33. The van der Waals surface area contributed by atoms with Gasteiger partial charge in [0.2, 0.25) is 0 Å². The quantitative estimate of drug-likeness (QED) is 0.877. The van der Waals surface area contributed by atoms with E-state index >= 15 is 0 Å². The van der Waals surface area contributed by atoms with Gasteiger partial charge in [0.25, 0.3) is 5.91 Å². The zero-order valence-electron chi connectivity index (χ0n) is 9.60. The van der Waals surface area contributed by atoms with Crippen LogP contribution in [0.25, 0.3) is 0 Å². The van der Waals surface area contributed by atoms with Crippen molar-refractivity contribution in [1.29, 1.82) is 0 Å². The fourth-order valence-electron chi connectivity index (χ4n) is 1.98. The summed E-state index contributed by atoms with van der Waals surface area (Å²) in [4.78, 5) is 11.8. The van der Waals surface area contributed by atoms with Gasteiger partial charge in [0, 0.05) is 17.9 Å². The van der Waals surface area contributed by atoms with Gasteiger partial charge in [-0.25, -0.2) is 0 Å². The summed E-state index contributed by atoms with van der Waals surface area (Å²) >= 11 is 0. The Kier molecular flexibility index (Phi) is 3.58. The summed E-state index contributed by atoms with van der Waals surface area (Å²) < 4.78 is 4.88. The normalized spacial score (nSPS) is 12.2. The fraction of sp³-hybridized carbons (Fsp3) is 0.154. The monoisotopic (exact) mass is 264 g/mol. The molecule has 2 aromatic rings. The van der Waals surface area contributed by atoms with Gasteiger partial charge in [-0.05, 0) is 36.2 Å². The molecule has 0 spiro atoms. The number of anilines is 2. The molecule has 0 radical (unpaired) electrons. The Bertz CT molecular complexity index is 552. The predicted molar refractivity (Wildman–Crippen MR) is 72.5 cm³/mol. The zero-order chi connectivity index (χ0) is 11.7. The van der Waals surface area contributed by atoms with E-state index in [1.165, 1.54) is 18.1 Å². The van der Waals surface area contributed by atoms with E-state index in [1.807, 2.05) is 18.2 Å². The van der Waals surface area contributed by atoms with Crippen LogP contribution >= 0.6 is 12.4 Å². The first-order valence-electron chi connectivity index (χ1n) is 5.53. The maximum atomic E-state index is 11.8. The van der Waals surface area contributed by atoms with E-state index in [-0.39, 0.29) is 18.3 Å². The molecule has 1 aliphatic heterocycles. The van der Waals surface area contributed by atoms with Crippen molar-refractivity contribution in [3.8, 4) is 0 Å². The van der Waals surface area contributed by atoms with Crippen molar-refractivity contribution >= 4 is 29.7 Å². The summed E-state index contributed by atoms with van der Waals surface area (Å²) in [7, 11) is 0. The molecule has 0 bridgehead atoms. The minimum absolute atomic E-state index is 0. The van der Waals surface area contributed by atoms with Gasteiger partial charge in [-0.1, -0.05) is 0 Å². The molecule has 5 heteroatoms. The summed E-state index contributed by atoms with van der Waals surface area (Å²) in [5, 5.41) is 6.13. The first kappa shape index (κ1) is 12.5. The second-order valence-corrected chi connectivity index (χ2v) is 4.01.